The van der Waals surface area contributed by atoms with Gasteiger partial charge in [-0.3, -0.25) is 4.79 Å². The van der Waals surface area contributed by atoms with Crippen LogP contribution < -0.4 is 15.8 Å². The highest BCUT2D eigenvalue weighted by atomic mass is 35.5. The molecule has 1 aromatic rings. The van der Waals surface area contributed by atoms with E-state index in [1.165, 1.54) is 4.31 Å². The number of hydrogen-bond donors (Lipinski definition) is 2. The topological polar surface area (TPSA) is 102 Å². The van der Waals surface area contributed by atoms with Gasteiger partial charge in [0.2, 0.25) is 15.9 Å². The van der Waals surface area contributed by atoms with Crippen LogP contribution in [-0.4, -0.2) is 51.9 Å². The molecule has 1 aliphatic heterocycles. The molecule has 1 amide bonds. The fourth-order valence-electron chi connectivity index (χ4n) is 2.87. The van der Waals surface area contributed by atoms with Crippen molar-refractivity contribution in [3.63, 3.8) is 0 Å². The van der Waals surface area contributed by atoms with E-state index in [9.17, 15) is 13.2 Å². The molecule has 0 aliphatic carbocycles. The Labute approximate surface area is 155 Å². The Kier molecular flexibility index (Phi) is 8.14. The first-order valence-corrected chi connectivity index (χ1v) is 9.46. The minimum Gasteiger partial charge on any atom is -0.496 e. The Morgan fingerprint density at radius 1 is 1.44 bits per heavy atom. The maximum Gasteiger partial charge on any atom is 0.243 e. The Hall–Kier alpha value is -1.35. The number of nitrogens with zero attached hydrogens (tertiary/aromatic N) is 1. The van der Waals surface area contributed by atoms with E-state index in [1.54, 1.807) is 32.2 Å². The van der Waals surface area contributed by atoms with E-state index in [1.807, 2.05) is 0 Å². The molecule has 0 bridgehead atoms. The summed E-state index contributed by atoms with van der Waals surface area (Å²) in [6, 6.07) is 4.79. The number of methoxy groups -OCH3 is 1. The highest BCUT2D eigenvalue weighted by molar-refractivity contribution is 7.89. The van der Waals surface area contributed by atoms with Gasteiger partial charge < -0.3 is 15.8 Å². The molecule has 1 fully saturated rings. The number of sulfonamides is 1. The minimum atomic E-state index is -3.62. The van der Waals surface area contributed by atoms with Crippen LogP contribution in [0.4, 0.5) is 0 Å². The van der Waals surface area contributed by atoms with E-state index in [0.717, 1.165) is 5.56 Å². The normalized spacial score (nSPS) is 18.3. The summed E-state index contributed by atoms with van der Waals surface area (Å²) in [6.07, 6.45) is 1.35. The van der Waals surface area contributed by atoms with Gasteiger partial charge in [0.25, 0.3) is 0 Å². The van der Waals surface area contributed by atoms with Gasteiger partial charge in [-0.25, -0.2) is 8.42 Å². The number of carbonyl (C=O) groups is 1. The third kappa shape index (κ3) is 5.07. The zero-order valence-corrected chi connectivity index (χ0v) is 16.2. The van der Waals surface area contributed by atoms with Gasteiger partial charge in [0.1, 0.15) is 5.75 Å². The van der Waals surface area contributed by atoms with Crippen molar-refractivity contribution in [2.45, 2.75) is 24.7 Å². The minimum absolute atomic E-state index is 0. The second-order valence-corrected chi connectivity index (χ2v) is 7.85. The number of piperidine rings is 1. The SMILES string of the molecule is COc1ccc(S(=O)(=O)N2CCCC(C(=O)NCCN)C2)cc1C.Cl. The Morgan fingerprint density at radius 2 is 2.16 bits per heavy atom. The molecular formula is C16H26ClN3O4S. The van der Waals surface area contributed by atoms with Crippen LogP contribution in [0.3, 0.4) is 0 Å². The average molecular weight is 392 g/mol. The number of hydrogen-bond acceptors (Lipinski definition) is 5. The summed E-state index contributed by atoms with van der Waals surface area (Å²) in [5, 5.41) is 2.74. The lowest BCUT2D eigenvalue weighted by atomic mass is 9.99. The lowest BCUT2D eigenvalue weighted by molar-refractivity contribution is -0.126. The summed E-state index contributed by atoms with van der Waals surface area (Å²) in [5.41, 5.74) is 6.14. The summed E-state index contributed by atoms with van der Waals surface area (Å²) in [6.45, 7) is 3.19. The van der Waals surface area contributed by atoms with Crippen molar-refractivity contribution in [3.8, 4) is 5.75 Å². The van der Waals surface area contributed by atoms with Crippen LogP contribution in [0, 0.1) is 12.8 Å². The molecule has 1 atom stereocenters. The number of aryl methyl sites for hydroxylation is 1. The molecule has 0 spiro atoms. The molecule has 2 rings (SSSR count). The van der Waals surface area contributed by atoms with E-state index in [2.05, 4.69) is 5.32 Å². The average Bonchev–Trinajstić information content (AvgIpc) is 2.59. The smallest absolute Gasteiger partial charge is 0.243 e. The van der Waals surface area contributed by atoms with Crippen molar-refractivity contribution >= 4 is 28.3 Å². The molecule has 0 radical (unpaired) electrons. The van der Waals surface area contributed by atoms with Gasteiger partial charge in [-0.05, 0) is 43.5 Å². The zero-order chi connectivity index (χ0) is 17.7. The molecule has 1 aliphatic rings. The van der Waals surface area contributed by atoms with Crippen molar-refractivity contribution in [1.29, 1.82) is 0 Å². The number of amides is 1. The van der Waals surface area contributed by atoms with Gasteiger partial charge in [0.05, 0.1) is 17.9 Å². The first kappa shape index (κ1) is 21.7. The number of carbonyl (C=O) groups excluding carboxylic acids is 1. The molecule has 3 N–H and O–H groups in total. The molecular weight excluding hydrogens is 366 g/mol. The second-order valence-electron chi connectivity index (χ2n) is 5.91. The van der Waals surface area contributed by atoms with Gasteiger partial charge in [0.15, 0.2) is 0 Å². The lowest BCUT2D eigenvalue weighted by Gasteiger charge is -2.31. The summed E-state index contributed by atoms with van der Waals surface area (Å²) in [4.78, 5) is 12.3. The molecule has 7 nitrogen and oxygen atoms in total. The van der Waals surface area contributed by atoms with E-state index < -0.39 is 10.0 Å². The van der Waals surface area contributed by atoms with Crippen LogP contribution in [0.2, 0.25) is 0 Å². The summed E-state index contributed by atoms with van der Waals surface area (Å²) < 4.78 is 32.3. The Morgan fingerprint density at radius 3 is 2.76 bits per heavy atom. The quantitative estimate of drug-likeness (QED) is 0.750. The molecule has 9 heteroatoms. The molecule has 25 heavy (non-hydrogen) atoms. The molecule has 1 unspecified atom stereocenters. The summed E-state index contributed by atoms with van der Waals surface area (Å²) in [7, 11) is -2.08. The fourth-order valence-corrected chi connectivity index (χ4v) is 4.48. The number of rotatable bonds is 6. The van der Waals surface area contributed by atoms with Gasteiger partial charge >= 0.3 is 0 Å². The monoisotopic (exact) mass is 391 g/mol. The molecule has 0 saturated carbocycles. The van der Waals surface area contributed by atoms with Crippen molar-refractivity contribution in [2.75, 3.05) is 33.3 Å². The molecule has 142 valence electrons. The third-order valence-electron chi connectivity index (χ3n) is 4.20. The van der Waals surface area contributed by atoms with Crippen LogP contribution in [-0.2, 0) is 14.8 Å². The first-order chi connectivity index (χ1) is 11.4. The third-order valence-corrected chi connectivity index (χ3v) is 6.06. The fraction of sp³-hybridized carbons (Fsp3) is 0.562. The van der Waals surface area contributed by atoms with Crippen LogP contribution >= 0.6 is 12.4 Å². The molecule has 1 aromatic carbocycles. The number of nitrogens with one attached hydrogen (secondary N) is 1. The number of halogens is 1. The molecule has 0 aromatic heterocycles. The first-order valence-electron chi connectivity index (χ1n) is 8.02. The standard InChI is InChI=1S/C16H25N3O4S.ClH/c1-12-10-14(5-6-15(12)23-2)24(21,22)19-9-3-4-13(11-19)16(20)18-8-7-17;/h5-6,10,13H,3-4,7-9,11,17H2,1-2H3,(H,18,20);1H. The van der Waals surface area contributed by atoms with E-state index in [4.69, 9.17) is 10.5 Å². The van der Waals surface area contributed by atoms with Crippen LogP contribution in [0.5, 0.6) is 5.75 Å². The van der Waals surface area contributed by atoms with Gasteiger partial charge in [0, 0.05) is 26.2 Å². The Bertz CT molecular complexity index is 697. The summed E-state index contributed by atoms with van der Waals surface area (Å²) in [5.74, 6) is 0.178. The van der Waals surface area contributed by atoms with Crippen molar-refractivity contribution < 1.29 is 17.9 Å². The van der Waals surface area contributed by atoms with Crippen LogP contribution in [0.15, 0.2) is 23.1 Å². The zero-order valence-electron chi connectivity index (χ0n) is 14.5. The van der Waals surface area contributed by atoms with E-state index >= 15 is 0 Å². The highest BCUT2D eigenvalue weighted by Crippen LogP contribution is 2.27. The lowest BCUT2D eigenvalue weighted by Crippen LogP contribution is -2.46. The van der Waals surface area contributed by atoms with Crippen molar-refractivity contribution in [3.05, 3.63) is 23.8 Å². The predicted octanol–water partition coefficient (Wildman–Crippen LogP) is 0.901. The van der Waals surface area contributed by atoms with Crippen LogP contribution in [0.1, 0.15) is 18.4 Å². The van der Waals surface area contributed by atoms with E-state index in [-0.39, 0.29) is 35.7 Å². The summed E-state index contributed by atoms with van der Waals surface area (Å²) >= 11 is 0. The number of nitrogens with two attached hydrogens (primary N) is 1. The van der Waals surface area contributed by atoms with Gasteiger partial charge in [-0.2, -0.15) is 4.31 Å². The maximum atomic E-state index is 12.9. The van der Waals surface area contributed by atoms with Gasteiger partial charge in [-0.15, -0.1) is 12.4 Å². The molecule has 1 saturated heterocycles. The molecule has 1 heterocycles. The Balaban J connectivity index is 0.00000312. The van der Waals surface area contributed by atoms with Crippen molar-refractivity contribution in [2.24, 2.45) is 11.7 Å². The highest BCUT2D eigenvalue weighted by Gasteiger charge is 2.33. The number of benzene rings is 1. The second kappa shape index (κ2) is 9.38. The van der Waals surface area contributed by atoms with Crippen molar-refractivity contribution in [1.82, 2.24) is 9.62 Å². The van der Waals surface area contributed by atoms with Gasteiger partial charge in [-0.1, -0.05) is 0 Å². The van der Waals surface area contributed by atoms with E-state index in [0.29, 0.717) is 38.2 Å². The predicted molar refractivity (Wildman–Crippen MR) is 98.5 cm³/mol. The largest absolute Gasteiger partial charge is 0.496 e. The van der Waals surface area contributed by atoms with Crippen LogP contribution in [0.25, 0.3) is 0 Å². The maximum absolute atomic E-state index is 12.9. The number of ether oxygens (including phenoxy) is 1.